The van der Waals surface area contributed by atoms with E-state index < -0.39 is 10.9 Å². The fourth-order valence-corrected chi connectivity index (χ4v) is 4.15. The second-order valence-electron chi connectivity index (χ2n) is 8.04. The summed E-state index contributed by atoms with van der Waals surface area (Å²) in [6.45, 7) is 0. The molecule has 0 saturated heterocycles. The first-order valence-corrected chi connectivity index (χ1v) is 11.3. The number of fused-ring (bicyclic) bond motifs is 1. The molecule has 37 heavy (non-hydrogen) atoms. The third-order valence-electron chi connectivity index (χ3n) is 5.85. The molecule has 1 heterocycles. The van der Waals surface area contributed by atoms with Crippen LogP contribution in [0.5, 0.6) is 0 Å². The number of nitrogens with zero attached hydrogens (tertiary/aromatic N) is 4. The zero-order chi connectivity index (χ0) is 25.9. The fraction of sp³-hybridized carbons (Fsp3) is 0.0357. The van der Waals surface area contributed by atoms with Gasteiger partial charge in [0.05, 0.1) is 28.8 Å². The minimum atomic E-state index is -0.763. The summed E-state index contributed by atoms with van der Waals surface area (Å²) in [5.41, 5.74) is 1.94. The number of non-ortho nitro benzene ring substituents is 1. The Balaban J connectivity index is 1.72. The zero-order valence-corrected chi connectivity index (χ0v) is 19.6. The van der Waals surface area contributed by atoms with Crippen LogP contribution in [-0.2, 0) is 4.74 Å². The molecule has 0 unspecified atom stereocenters. The number of carbonyl (C=O) groups excluding carboxylic acids is 2. The van der Waals surface area contributed by atoms with Crippen LogP contribution in [0.2, 0.25) is 0 Å². The van der Waals surface area contributed by atoms with Gasteiger partial charge < -0.3 is 4.74 Å². The van der Waals surface area contributed by atoms with Gasteiger partial charge in [0.2, 0.25) is 0 Å². The van der Waals surface area contributed by atoms with E-state index in [0.717, 1.165) is 6.07 Å². The largest absolute Gasteiger partial charge is 0.465 e. The molecule has 1 amide bonds. The number of aromatic nitrogens is 2. The molecule has 0 aliphatic rings. The highest BCUT2D eigenvalue weighted by Crippen LogP contribution is 2.31. The lowest BCUT2D eigenvalue weighted by molar-refractivity contribution is -0.384. The van der Waals surface area contributed by atoms with Gasteiger partial charge in [-0.25, -0.2) is 9.48 Å². The second-order valence-corrected chi connectivity index (χ2v) is 8.04. The number of rotatable bonds is 6. The summed E-state index contributed by atoms with van der Waals surface area (Å²) in [5.74, 6) is -1.14. The highest BCUT2D eigenvalue weighted by atomic mass is 16.6. The Labute approximate surface area is 211 Å². The lowest BCUT2D eigenvalue weighted by atomic mass is 10.1. The summed E-state index contributed by atoms with van der Waals surface area (Å²) in [5, 5.41) is 16.5. The van der Waals surface area contributed by atoms with E-state index in [2.05, 4.69) is 5.10 Å². The number of carbonyl (C=O) groups is 2. The minimum Gasteiger partial charge on any atom is -0.465 e. The maximum absolute atomic E-state index is 14.1. The topological polar surface area (TPSA) is 108 Å². The van der Waals surface area contributed by atoms with Gasteiger partial charge in [-0.05, 0) is 36.4 Å². The molecule has 0 aliphatic carbocycles. The summed E-state index contributed by atoms with van der Waals surface area (Å²) in [6.07, 6.45) is 0. The van der Waals surface area contributed by atoms with Gasteiger partial charge in [-0.15, -0.1) is 0 Å². The molecule has 0 radical (unpaired) electrons. The SMILES string of the molecule is COC(=O)c1cc([N+](=O)[O-])ccc1-n1nc(C(=O)N(c2ccccc2)c2ccccc2)c2ccccc21. The fourth-order valence-electron chi connectivity index (χ4n) is 4.15. The highest BCUT2D eigenvalue weighted by molar-refractivity contribution is 6.16. The molecule has 0 fully saturated rings. The van der Waals surface area contributed by atoms with Crippen molar-refractivity contribution < 1.29 is 19.2 Å². The molecule has 182 valence electrons. The molecule has 9 nitrogen and oxygen atoms in total. The molecular formula is C28H20N4O5. The van der Waals surface area contributed by atoms with Gasteiger partial charge in [-0.2, -0.15) is 5.10 Å². The van der Waals surface area contributed by atoms with E-state index in [9.17, 15) is 19.7 Å². The van der Waals surface area contributed by atoms with Gasteiger partial charge in [0.25, 0.3) is 11.6 Å². The molecular weight excluding hydrogens is 472 g/mol. The summed E-state index contributed by atoms with van der Waals surface area (Å²) in [4.78, 5) is 39.0. The maximum Gasteiger partial charge on any atom is 0.340 e. The minimum absolute atomic E-state index is 0.0491. The number of nitro benzene ring substituents is 1. The van der Waals surface area contributed by atoms with Crippen molar-refractivity contribution in [1.29, 1.82) is 0 Å². The van der Waals surface area contributed by atoms with Crippen LogP contribution in [0.3, 0.4) is 0 Å². The Hall–Kier alpha value is -5.31. The number of benzene rings is 4. The van der Waals surface area contributed by atoms with Gasteiger partial charge in [0.1, 0.15) is 0 Å². The molecule has 0 bridgehead atoms. The van der Waals surface area contributed by atoms with Crippen LogP contribution in [0.4, 0.5) is 17.1 Å². The Morgan fingerprint density at radius 3 is 2.05 bits per heavy atom. The van der Waals surface area contributed by atoms with Gasteiger partial charge >= 0.3 is 5.97 Å². The predicted molar refractivity (Wildman–Crippen MR) is 138 cm³/mol. The average Bonchev–Trinajstić information content (AvgIpc) is 3.33. The number of nitro groups is 1. The van der Waals surface area contributed by atoms with Gasteiger partial charge in [-0.3, -0.25) is 19.8 Å². The average molecular weight is 492 g/mol. The number of hydrogen-bond acceptors (Lipinski definition) is 6. The molecule has 5 aromatic rings. The van der Waals surface area contributed by atoms with E-state index in [1.165, 1.54) is 23.9 Å². The van der Waals surface area contributed by atoms with Crippen molar-refractivity contribution in [3.05, 3.63) is 124 Å². The third-order valence-corrected chi connectivity index (χ3v) is 5.85. The smallest absolute Gasteiger partial charge is 0.340 e. The van der Waals surface area contributed by atoms with Gasteiger partial charge in [-0.1, -0.05) is 54.6 Å². The van der Waals surface area contributed by atoms with Crippen molar-refractivity contribution in [3.8, 4) is 5.69 Å². The van der Waals surface area contributed by atoms with Gasteiger partial charge in [0, 0.05) is 28.9 Å². The summed E-state index contributed by atoms with van der Waals surface area (Å²) < 4.78 is 6.31. The molecule has 5 rings (SSSR count). The van der Waals surface area contributed by atoms with E-state index in [1.807, 2.05) is 60.7 Å². The number of methoxy groups -OCH3 is 1. The summed E-state index contributed by atoms with van der Waals surface area (Å²) >= 11 is 0. The van der Waals surface area contributed by atoms with Crippen LogP contribution in [0.15, 0.2) is 103 Å². The van der Waals surface area contributed by atoms with Crippen molar-refractivity contribution in [2.24, 2.45) is 0 Å². The number of esters is 1. The molecule has 4 aromatic carbocycles. The van der Waals surface area contributed by atoms with E-state index in [1.54, 1.807) is 29.2 Å². The third kappa shape index (κ3) is 4.30. The number of ether oxygens (including phenoxy) is 1. The molecule has 1 aromatic heterocycles. The van der Waals surface area contributed by atoms with Crippen LogP contribution in [0, 0.1) is 10.1 Å². The molecule has 0 aliphatic heterocycles. The Morgan fingerprint density at radius 1 is 0.865 bits per heavy atom. The predicted octanol–water partition coefficient (Wildman–Crippen LogP) is 5.70. The molecule has 0 atom stereocenters. The van der Waals surface area contributed by atoms with Crippen molar-refractivity contribution in [2.75, 3.05) is 12.0 Å². The quantitative estimate of drug-likeness (QED) is 0.171. The molecule has 0 saturated carbocycles. The van der Waals surface area contributed by atoms with Crippen molar-refractivity contribution >= 4 is 39.8 Å². The molecule has 0 N–H and O–H groups in total. The van der Waals surface area contributed by atoms with Gasteiger partial charge in [0.15, 0.2) is 5.69 Å². The number of para-hydroxylation sites is 3. The number of anilines is 2. The van der Waals surface area contributed by atoms with E-state index >= 15 is 0 Å². The van der Waals surface area contributed by atoms with Crippen LogP contribution >= 0.6 is 0 Å². The monoisotopic (exact) mass is 492 g/mol. The van der Waals surface area contributed by atoms with Crippen LogP contribution < -0.4 is 4.90 Å². The summed E-state index contributed by atoms with van der Waals surface area (Å²) in [6, 6.07) is 29.4. The number of amides is 1. The summed E-state index contributed by atoms with van der Waals surface area (Å²) in [7, 11) is 1.19. The lowest BCUT2D eigenvalue weighted by Gasteiger charge is -2.22. The first kappa shape index (κ1) is 23.4. The Morgan fingerprint density at radius 2 is 1.46 bits per heavy atom. The maximum atomic E-state index is 14.1. The van der Waals surface area contributed by atoms with Crippen LogP contribution in [0.1, 0.15) is 20.8 Å². The highest BCUT2D eigenvalue weighted by Gasteiger charge is 2.27. The van der Waals surface area contributed by atoms with E-state index in [0.29, 0.717) is 22.3 Å². The lowest BCUT2D eigenvalue weighted by Crippen LogP contribution is -2.26. The zero-order valence-electron chi connectivity index (χ0n) is 19.6. The Bertz CT molecular complexity index is 1590. The second kappa shape index (κ2) is 9.74. The standard InChI is InChI=1S/C28H20N4O5/c1-37-28(34)23-18-21(32(35)36)16-17-25(23)31-24-15-9-8-14-22(24)26(29-31)27(33)30(19-10-4-2-5-11-19)20-12-6-3-7-13-20/h2-18H,1H3. The molecule has 9 heteroatoms. The van der Waals surface area contributed by atoms with Crippen LogP contribution in [-0.4, -0.2) is 33.7 Å². The normalized spacial score (nSPS) is 10.7. The first-order chi connectivity index (χ1) is 18.0. The van der Waals surface area contributed by atoms with Crippen molar-refractivity contribution in [3.63, 3.8) is 0 Å². The van der Waals surface area contributed by atoms with Crippen molar-refractivity contribution in [1.82, 2.24) is 9.78 Å². The first-order valence-electron chi connectivity index (χ1n) is 11.3. The Kier molecular flexibility index (Phi) is 6.17. The van der Waals surface area contributed by atoms with Crippen LogP contribution in [0.25, 0.3) is 16.6 Å². The van der Waals surface area contributed by atoms with E-state index in [4.69, 9.17) is 4.74 Å². The van der Waals surface area contributed by atoms with E-state index in [-0.39, 0.29) is 28.5 Å². The number of hydrogen-bond donors (Lipinski definition) is 0. The molecule has 0 spiro atoms. The van der Waals surface area contributed by atoms with Crippen molar-refractivity contribution in [2.45, 2.75) is 0 Å².